The number of allylic oxidation sites excluding steroid dienone is 2. The van der Waals surface area contributed by atoms with Gasteiger partial charge in [0.05, 0.1) is 5.70 Å². The highest BCUT2D eigenvalue weighted by Crippen LogP contribution is 2.62. The number of halogens is 5. The van der Waals surface area contributed by atoms with Gasteiger partial charge in [-0.05, 0) is 12.3 Å². The third kappa shape index (κ3) is 2.02. The molecule has 0 aromatic heterocycles. The van der Waals surface area contributed by atoms with Crippen molar-refractivity contribution in [3.63, 3.8) is 0 Å². The van der Waals surface area contributed by atoms with Crippen LogP contribution in [0.1, 0.15) is 20.3 Å². The summed E-state index contributed by atoms with van der Waals surface area (Å²) in [5.74, 6) is -5.39. The van der Waals surface area contributed by atoms with E-state index < -0.39 is 40.9 Å². The predicted molar refractivity (Wildman–Crippen MR) is 52.9 cm³/mol. The van der Waals surface area contributed by atoms with E-state index in [2.05, 4.69) is 0 Å². The topological polar surface area (TPSA) is 49.9 Å². The average Bonchev–Trinajstić information content (AvgIpc) is 2.96. The van der Waals surface area contributed by atoms with Crippen molar-refractivity contribution in [2.24, 2.45) is 17.6 Å². The highest BCUT2D eigenvalue weighted by Gasteiger charge is 2.66. The quantitative estimate of drug-likeness (QED) is 0.549. The van der Waals surface area contributed by atoms with Gasteiger partial charge in [0.1, 0.15) is 5.71 Å². The number of fused-ring (bicyclic) bond motifs is 1. The maximum atomic E-state index is 13.1. The first-order valence-corrected chi connectivity index (χ1v) is 5.21. The first-order valence-electron chi connectivity index (χ1n) is 5.21. The van der Waals surface area contributed by atoms with Gasteiger partial charge in [0.15, 0.2) is 0 Å². The molecule has 0 unspecified atom stereocenters. The summed E-state index contributed by atoms with van der Waals surface area (Å²) >= 11 is 0. The standard InChI is InChI=1S/C8H7F5N2.C2H6/c9-7(10)3-1-2(3)4(5(7)14)6(15)8(11,12)13;1-2/h2-3,15H,1,14H2;1-2H3/t2-,3+;/m0./s1. The minimum atomic E-state index is -4.91. The molecular formula is C10H13F5N2. The highest BCUT2D eigenvalue weighted by molar-refractivity contribution is 6.04. The van der Waals surface area contributed by atoms with Crippen LogP contribution in [0.5, 0.6) is 0 Å². The second-order valence-electron chi connectivity index (χ2n) is 3.77. The summed E-state index contributed by atoms with van der Waals surface area (Å²) in [6.45, 7) is 4.00. The van der Waals surface area contributed by atoms with Crippen molar-refractivity contribution in [2.75, 3.05) is 0 Å². The number of hydrogen-bond donors (Lipinski definition) is 2. The molecule has 2 nitrogen and oxygen atoms in total. The number of alkyl halides is 5. The highest BCUT2D eigenvalue weighted by atomic mass is 19.4. The van der Waals surface area contributed by atoms with Gasteiger partial charge in [-0.25, -0.2) is 0 Å². The Kier molecular flexibility index (Phi) is 3.24. The second-order valence-corrected chi connectivity index (χ2v) is 3.77. The monoisotopic (exact) mass is 256 g/mol. The van der Waals surface area contributed by atoms with Crippen molar-refractivity contribution >= 4 is 5.71 Å². The van der Waals surface area contributed by atoms with Crippen LogP contribution in [-0.2, 0) is 0 Å². The zero-order valence-electron chi connectivity index (χ0n) is 9.33. The molecule has 2 atom stereocenters. The first-order chi connectivity index (χ1) is 7.67. The minimum absolute atomic E-state index is 0.0124. The maximum Gasteiger partial charge on any atom is 0.433 e. The Morgan fingerprint density at radius 3 is 2.12 bits per heavy atom. The Hall–Kier alpha value is -1.14. The van der Waals surface area contributed by atoms with E-state index in [9.17, 15) is 22.0 Å². The van der Waals surface area contributed by atoms with Crippen LogP contribution >= 0.6 is 0 Å². The summed E-state index contributed by atoms with van der Waals surface area (Å²) in [6, 6.07) is 0. The van der Waals surface area contributed by atoms with E-state index in [0.29, 0.717) is 0 Å². The van der Waals surface area contributed by atoms with Crippen LogP contribution < -0.4 is 5.73 Å². The maximum absolute atomic E-state index is 13.1. The molecule has 0 radical (unpaired) electrons. The molecule has 0 bridgehead atoms. The molecule has 98 valence electrons. The SMILES string of the molecule is CC.N=C(C1=C(N)C(F)(F)[C@@H]2C[C@H]12)C(F)(F)F. The summed E-state index contributed by atoms with van der Waals surface area (Å²) in [5.41, 5.74) is 1.44. The number of nitrogens with two attached hydrogens (primary N) is 1. The normalized spacial score (nSPS) is 29.4. The fourth-order valence-corrected chi connectivity index (χ4v) is 1.97. The Bertz CT molecular complexity index is 369. The van der Waals surface area contributed by atoms with Crippen LogP contribution in [0, 0.1) is 17.2 Å². The molecule has 0 saturated heterocycles. The van der Waals surface area contributed by atoms with Gasteiger partial charge < -0.3 is 5.73 Å². The van der Waals surface area contributed by atoms with Gasteiger partial charge in [-0.1, -0.05) is 13.8 Å². The van der Waals surface area contributed by atoms with Gasteiger partial charge in [0, 0.05) is 11.5 Å². The first kappa shape index (κ1) is 13.9. The molecule has 7 heteroatoms. The lowest BCUT2D eigenvalue weighted by atomic mass is 10.1. The molecule has 2 aliphatic rings. The number of hydrogen-bond acceptors (Lipinski definition) is 2. The summed E-state index contributed by atoms with van der Waals surface area (Å²) in [6.07, 6.45) is -4.92. The lowest BCUT2D eigenvalue weighted by Gasteiger charge is -2.15. The van der Waals surface area contributed by atoms with Crippen LogP contribution in [0.2, 0.25) is 0 Å². The fraction of sp³-hybridized carbons (Fsp3) is 0.700. The zero-order valence-corrected chi connectivity index (χ0v) is 9.33. The molecular weight excluding hydrogens is 243 g/mol. The van der Waals surface area contributed by atoms with Crippen LogP contribution in [0.4, 0.5) is 22.0 Å². The summed E-state index contributed by atoms with van der Waals surface area (Å²) in [5, 5.41) is 6.81. The molecule has 0 spiro atoms. The summed E-state index contributed by atoms with van der Waals surface area (Å²) < 4.78 is 62.7. The van der Waals surface area contributed by atoms with Gasteiger partial charge in [-0.3, -0.25) is 5.41 Å². The molecule has 0 heterocycles. The molecule has 1 fully saturated rings. The van der Waals surface area contributed by atoms with Gasteiger partial charge in [0.2, 0.25) is 0 Å². The molecule has 0 aromatic rings. The summed E-state index contributed by atoms with van der Waals surface area (Å²) in [7, 11) is 0. The fourth-order valence-electron chi connectivity index (χ4n) is 1.97. The van der Waals surface area contributed by atoms with E-state index in [0.717, 1.165) is 0 Å². The lowest BCUT2D eigenvalue weighted by molar-refractivity contribution is -0.0592. The van der Waals surface area contributed by atoms with Crippen molar-refractivity contribution < 1.29 is 22.0 Å². The van der Waals surface area contributed by atoms with Crippen molar-refractivity contribution in [3.05, 3.63) is 11.3 Å². The van der Waals surface area contributed by atoms with E-state index in [1.807, 2.05) is 13.8 Å². The van der Waals surface area contributed by atoms with E-state index in [-0.39, 0.29) is 6.42 Å². The van der Waals surface area contributed by atoms with Crippen LogP contribution in [-0.4, -0.2) is 17.8 Å². The zero-order chi connectivity index (χ0) is 13.6. The van der Waals surface area contributed by atoms with Crippen molar-refractivity contribution in [1.82, 2.24) is 0 Å². The average molecular weight is 256 g/mol. The minimum Gasteiger partial charge on any atom is -0.397 e. The van der Waals surface area contributed by atoms with Crippen LogP contribution in [0.25, 0.3) is 0 Å². The lowest BCUT2D eigenvalue weighted by Crippen LogP contribution is -2.30. The number of nitrogens with one attached hydrogen (secondary N) is 1. The third-order valence-electron chi connectivity index (χ3n) is 2.83. The van der Waals surface area contributed by atoms with Gasteiger partial charge in [-0.15, -0.1) is 0 Å². The summed E-state index contributed by atoms with van der Waals surface area (Å²) in [4.78, 5) is 0. The second kappa shape index (κ2) is 3.96. The molecule has 1 saturated carbocycles. The molecule has 2 rings (SSSR count). The van der Waals surface area contributed by atoms with E-state index in [1.54, 1.807) is 0 Å². The Morgan fingerprint density at radius 2 is 1.82 bits per heavy atom. The molecule has 2 aliphatic carbocycles. The van der Waals surface area contributed by atoms with E-state index in [1.165, 1.54) is 0 Å². The third-order valence-corrected chi connectivity index (χ3v) is 2.83. The Morgan fingerprint density at radius 1 is 1.35 bits per heavy atom. The van der Waals surface area contributed by atoms with Crippen LogP contribution in [0.3, 0.4) is 0 Å². The Labute approximate surface area is 95.2 Å². The predicted octanol–water partition coefficient (Wildman–Crippen LogP) is 3.09. The van der Waals surface area contributed by atoms with Gasteiger partial charge >= 0.3 is 6.18 Å². The van der Waals surface area contributed by atoms with Crippen molar-refractivity contribution in [2.45, 2.75) is 32.4 Å². The molecule has 0 aliphatic heterocycles. The molecule has 17 heavy (non-hydrogen) atoms. The smallest absolute Gasteiger partial charge is 0.397 e. The molecule has 0 amide bonds. The Balaban J connectivity index is 0.000000686. The largest absolute Gasteiger partial charge is 0.433 e. The molecule has 0 aromatic carbocycles. The van der Waals surface area contributed by atoms with Gasteiger partial charge in [0.25, 0.3) is 5.92 Å². The van der Waals surface area contributed by atoms with Crippen LogP contribution in [0.15, 0.2) is 11.3 Å². The van der Waals surface area contributed by atoms with Crippen molar-refractivity contribution in [3.8, 4) is 0 Å². The molecule has 3 N–H and O–H groups in total. The van der Waals surface area contributed by atoms with Gasteiger partial charge in [-0.2, -0.15) is 22.0 Å². The van der Waals surface area contributed by atoms with Crippen molar-refractivity contribution in [1.29, 1.82) is 5.41 Å². The van der Waals surface area contributed by atoms with E-state index in [4.69, 9.17) is 11.1 Å². The van der Waals surface area contributed by atoms with E-state index >= 15 is 0 Å². The number of rotatable bonds is 1.